The van der Waals surface area contributed by atoms with Gasteiger partial charge in [0, 0.05) is 16.1 Å². The van der Waals surface area contributed by atoms with Crippen LogP contribution >= 0.6 is 11.3 Å². The van der Waals surface area contributed by atoms with Crippen molar-refractivity contribution in [3.63, 3.8) is 0 Å². The molecule has 0 fully saturated rings. The van der Waals surface area contributed by atoms with Crippen molar-refractivity contribution in [3.05, 3.63) is 70.6 Å². The minimum absolute atomic E-state index is 0.0618. The summed E-state index contributed by atoms with van der Waals surface area (Å²) in [7, 11) is -3.36. The summed E-state index contributed by atoms with van der Waals surface area (Å²) in [6, 6.07) is 16.2. The number of nitrogens with one attached hydrogen (secondary N) is 1. The maximum absolute atomic E-state index is 12.5. The van der Waals surface area contributed by atoms with Crippen LogP contribution in [0.1, 0.15) is 20.8 Å². The number of sulfone groups is 1. The molecule has 1 aromatic heterocycles. The number of carbonyl (C=O) groups excluding carboxylic acids is 1. The minimum Gasteiger partial charge on any atom is -0.321 e. The zero-order chi connectivity index (χ0) is 17.6. The van der Waals surface area contributed by atoms with Crippen molar-refractivity contribution < 1.29 is 13.2 Å². The van der Waals surface area contributed by atoms with Crippen LogP contribution in [0.4, 0.5) is 5.69 Å². The summed E-state index contributed by atoms with van der Waals surface area (Å²) in [6.07, 6.45) is 0. The average molecular weight is 369 g/mol. The van der Waals surface area contributed by atoms with Crippen LogP contribution in [0.2, 0.25) is 0 Å². The Morgan fingerprint density at radius 2 is 1.80 bits per heavy atom. The Morgan fingerprint density at radius 3 is 2.56 bits per heavy atom. The van der Waals surface area contributed by atoms with Crippen LogP contribution in [-0.4, -0.2) is 14.3 Å². The van der Waals surface area contributed by atoms with Crippen molar-refractivity contribution in [3.8, 4) is 10.4 Å². The van der Waals surface area contributed by atoms with Gasteiger partial charge in [-0.3, -0.25) is 4.79 Å². The third-order valence-electron chi connectivity index (χ3n) is 4.15. The zero-order valence-corrected chi connectivity index (χ0v) is 15.1. The first-order valence-corrected chi connectivity index (χ1v) is 10.2. The molecule has 0 atom stereocenters. The van der Waals surface area contributed by atoms with Crippen LogP contribution in [0.3, 0.4) is 0 Å². The number of anilines is 1. The van der Waals surface area contributed by atoms with Gasteiger partial charge >= 0.3 is 0 Å². The predicted molar refractivity (Wildman–Crippen MR) is 99.8 cm³/mol. The third-order valence-corrected chi connectivity index (χ3v) is 7.08. The number of amides is 1. The van der Waals surface area contributed by atoms with Crippen LogP contribution in [0.15, 0.2) is 59.5 Å². The normalized spacial score (nSPS) is 14.4. The Morgan fingerprint density at radius 1 is 1.08 bits per heavy atom. The smallest absolute Gasteiger partial charge is 0.265 e. The van der Waals surface area contributed by atoms with Crippen LogP contribution in [-0.2, 0) is 15.6 Å². The number of carbonyl (C=O) groups is 1. The van der Waals surface area contributed by atoms with Crippen LogP contribution in [0.25, 0.3) is 10.4 Å². The molecule has 0 unspecified atom stereocenters. The van der Waals surface area contributed by atoms with E-state index in [0.29, 0.717) is 20.9 Å². The van der Waals surface area contributed by atoms with Gasteiger partial charge in [-0.15, -0.1) is 11.3 Å². The van der Waals surface area contributed by atoms with Gasteiger partial charge in [-0.25, -0.2) is 8.42 Å². The second kappa shape index (κ2) is 5.82. The molecule has 4 nitrogen and oxygen atoms in total. The molecule has 0 spiro atoms. The molecule has 2 heterocycles. The molecule has 0 radical (unpaired) electrons. The van der Waals surface area contributed by atoms with Gasteiger partial charge in [-0.05, 0) is 36.8 Å². The Labute approximate surface area is 150 Å². The number of thiophene rings is 1. The van der Waals surface area contributed by atoms with E-state index >= 15 is 0 Å². The molecule has 0 aliphatic carbocycles. The number of hydrogen-bond acceptors (Lipinski definition) is 4. The Balaban J connectivity index is 1.71. The van der Waals surface area contributed by atoms with E-state index < -0.39 is 9.84 Å². The summed E-state index contributed by atoms with van der Waals surface area (Å²) < 4.78 is 24.9. The van der Waals surface area contributed by atoms with Crippen LogP contribution < -0.4 is 5.32 Å². The maximum atomic E-state index is 12.5. The molecule has 1 aliphatic heterocycles. The molecule has 4 rings (SSSR count). The Bertz CT molecular complexity index is 1080. The molecule has 0 saturated heterocycles. The zero-order valence-electron chi connectivity index (χ0n) is 13.4. The van der Waals surface area contributed by atoms with Gasteiger partial charge in [0.25, 0.3) is 5.91 Å². The summed E-state index contributed by atoms with van der Waals surface area (Å²) in [5.74, 6) is -0.286. The number of hydrogen-bond donors (Lipinski definition) is 1. The van der Waals surface area contributed by atoms with Gasteiger partial charge < -0.3 is 5.32 Å². The van der Waals surface area contributed by atoms with E-state index in [2.05, 4.69) is 5.32 Å². The molecule has 126 valence electrons. The number of aryl methyl sites for hydroxylation is 1. The fourth-order valence-corrected chi connectivity index (χ4v) is 5.77. The quantitative estimate of drug-likeness (QED) is 0.734. The lowest BCUT2D eigenvalue weighted by molar-refractivity contribution is 0.103. The molecule has 1 amide bonds. The lowest BCUT2D eigenvalue weighted by atomic mass is 10.1. The lowest BCUT2D eigenvalue weighted by Crippen LogP contribution is -2.11. The van der Waals surface area contributed by atoms with Crippen LogP contribution in [0.5, 0.6) is 0 Å². The van der Waals surface area contributed by atoms with Gasteiger partial charge in [-0.1, -0.05) is 35.9 Å². The number of fused-ring (bicyclic) bond motifs is 3. The first kappa shape index (κ1) is 16.1. The number of benzene rings is 2. The second-order valence-electron chi connectivity index (χ2n) is 6.04. The summed E-state index contributed by atoms with van der Waals surface area (Å²) in [5, 5.41) is 2.86. The predicted octanol–water partition coefficient (Wildman–Crippen LogP) is 4.26. The van der Waals surface area contributed by atoms with Crippen molar-refractivity contribution >= 4 is 32.8 Å². The van der Waals surface area contributed by atoms with E-state index in [-0.39, 0.29) is 11.7 Å². The van der Waals surface area contributed by atoms with E-state index in [1.165, 1.54) is 11.3 Å². The van der Waals surface area contributed by atoms with Gasteiger partial charge in [0.05, 0.1) is 15.5 Å². The molecule has 1 N–H and O–H groups in total. The van der Waals surface area contributed by atoms with Gasteiger partial charge in [-0.2, -0.15) is 0 Å². The highest BCUT2D eigenvalue weighted by atomic mass is 32.2. The molecule has 0 bridgehead atoms. The van der Waals surface area contributed by atoms with Crippen molar-refractivity contribution in [2.24, 2.45) is 0 Å². The van der Waals surface area contributed by atoms with E-state index in [0.717, 1.165) is 16.1 Å². The largest absolute Gasteiger partial charge is 0.321 e. The van der Waals surface area contributed by atoms with E-state index in [4.69, 9.17) is 0 Å². The van der Waals surface area contributed by atoms with E-state index in [1.54, 1.807) is 24.3 Å². The molecular weight excluding hydrogens is 354 g/mol. The molecule has 2 aromatic carbocycles. The Kier molecular flexibility index (Phi) is 3.74. The topological polar surface area (TPSA) is 63.2 Å². The van der Waals surface area contributed by atoms with Gasteiger partial charge in [0.2, 0.25) is 0 Å². The van der Waals surface area contributed by atoms with Gasteiger partial charge in [0.1, 0.15) is 0 Å². The highest BCUT2D eigenvalue weighted by molar-refractivity contribution is 7.91. The monoisotopic (exact) mass is 369 g/mol. The summed E-state index contributed by atoms with van der Waals surface area (Å²) in [5.41, 5.74) is 3.21. The fraction of sp³-hybridized carbons (Fsp3) is 0.105. The van der Waals surface area contributed by atoms with Crippen molar-refractivity contribution in [2.45, 2.75) is 17.6 Å². The molecule has 1 aliphatic rings. The van der Waals surface area contributed by atoms with Crippen molar-refractivity contribution in [1.82, 2.24) is 0 Å². The molecule has 0 saturated carbocycles. The average Bonchev–Trinajstić information content (AvgIpc) is 3.00. The SMILES string of the molecule is Cc1ccc(NC(=O)c2cc3c(s2)-c2ccccc2S(=O)(=O)C3)cc1. The first-order chi connectivity index (χ1) is 11.9. The minimum atomic E-state index is -3.36. The summed E-state index contributed by atoms with van der Waals surface area (Å²) in [4.78, 5) is 14.3. The fourth-order valence-electron chi connectivity index (χ4n) is 2.91. The van der Waals surface area contributed by atoms with Crippen molar-refractivity contribution in [1.29, 1.82) is 0 Å². The Hall–Kier alpha value is -2.44. The molecule has 6 heteroatoms. The number of rotatable bonds is 2. The highest BCUT2D eigenvalue weighted by Gasteiger charge is 2.30. The van der Waals surface area contributed by atoms with E-state index in [9.17, 15) is 13.2 Å². The summed E-state index contributed by atoms with van der Waals surface area (Å²) >= 11 is 1.33. The third kappa shape index (κ3) is 2.88. The maximum Gasteiger partial charge on any atom is 0.265 e. The highest BCUT2D eigenvalue weighted by Crippen LogP contribution is 2.42. The lowest BCUT2D eigenvalue weighted by Gasteiger charge is -2.15. The molecular formula is C19H15NO3S2. The van der Waals surface area contributed by atoms with Crippen LogP contribution in [0, 0.1) is 6.92 Å². The molecule has 25 heavy (non-hydrogen) atoms. The van der Waals surface area contributed by atoms with E-state index in [1.807, 2.05) is 37.3 Å². The first-order valence-electron chi connectivity index (χ1n) is 7.77. The molecule has 3 aromatic rings. The van der Waals surface area contributed by atoms with Gasteiger partial charge in [0.15, 0.2) is 9.84 Å². The standard InChI is InChI=1S/C19H15NO3S2/c1-12-6-8-14(9-7-12)20-19(21)16-10-13-11-25(22,23)17-5-3-2-4-15(17)18(13)24-16/h2-10H,11H2,1H3,(H,20,21). The summed E-state index contributed by atoms with van der Waals surface area (Å²) in [6.45, 7) is 1.98. The second-order valence-corrected chi connectivity index (χ2v) is 9.05. The van der Waals surface area contributed by atoms with Crippen molar-refractivity contribution in [2.75, 3.05) is 5.32 Å².